The van der Waals surface area contributed by atoms with Crippen LogP contribution in [0, 0.1) is 6.92 Å². The zero-order valence-corrected chi connectivity index (χ0v) is 9.56. The van der Waals surface area contributed by atoms with Crippen molar-refractivity contribution in [2.45, 2.75) is 6.92 Å². The molecule has 0 aromatic heterocycles. The molecule has 3 N–H and O–H groups in total. The number of hydrogen-bond donors (Lipinski definition) is 2. The number of rotatable bonds is 2. The molecule has 1 amide bonds. The van der Waals surface area contributed by atoms with Gasteiger partial charge < -0.3 is 15.9 Å². The van der Waals surface area contributed by atoms with E-state index in [4.69, 9.17) is 5.73 Å². The lowest BCUT2D eigenvalue weighted by molar-refractivity contribution is -0.114. The summed E-state index contributed by atoms with van der Waals surface area (Å²) >= 11 is 0. The second-order valence-corrected chi connectivity index (χ2v) is 3.30. The first-order chi connectivity index (χ1) is 8.04. The van der Waals surface area contributed by atoms with Crippen molar-refractivity contribution in [2.24, 2.45) is 10.9 Å². The number of carbonyl (C=O) groups excluding carboxylic acids is 2. The zero-order chi connectivity index (χ0) is 12.8. The Hall–Kier alpha value is -2.37. The highest BCUT2D eigenvalue weighted by Crippen LogP contribution is 2.04. The first-order valence-corrected chi connectivity index (χ1v) is 4.88. The maximum absolute atomic E-state index is 11.5. The van der Waals surface area contributed by atoms with Gasteiger partial charge >= 0.3 is 5.97 Å². The average molecular weight is 235 g/mol. The Bertz CT molecular complexity index is 452. The summed E-state index contributed by atoms with van der Waals surface area (Å²) < 4.78 is 0. The van der Waals surface area contributed by atoms with Crippen LogP contribution in [-0.2, 0) is 9.63 Å². The molecule has 0 saturated carbocycles. The van der Waals surface area contributed by atoms with Gasteiger partial charge in [-0.2, -0.15) is 0 Å². The summed E-state index contributed by atoms with van der Waals surface area (Å²) in [4.78, 5) is 26.9. The lowest BCUT2D eigenvalue weighted by atomic mass is 10.2. The van der Waals surface area contributed by atoms with Crippen LogP contribution in [0.15, 0.2) is 29.4 Å². The molecule has 0 aliphatic carbocycles. The van der Waals surface area contributed by atoms with Gasteiger partial charge in [0.2, 0.25) is 5.84 Å². The van der Waals surface area contributed by atoms with Crippen LogP contribution in [0.3, 0.4) is 0 Å². The quantitative estimate of drug-likeness (QED) is 0.330. The van der Waals surface area contributed by atoms with Crippen molar-refractivity contribution in [3.05, 3.63) is 35.4 Å². The van der Waals surface area contributed by atoms with E-state index in [0.29, 0.717) is 5.56 Å². The molecule has 0 aliphatic rings. The van der Waals surface area contributed by atoms with Crippen LogP contribution < -0.4 is 11.1 Å². The molecule has 1 rings (SSSR count). The molecule has 0 bridgehead atoms. The molecule has 90 valence electrons. The fourth-order valence-electron chi connectivity index (χ4n) is 1.00. The van der Waals surface area contributed by atoms with E-state index in [1.54, 1.807) is 24.3 Å². The van der Waals surface area contributed by atoms with E-state index in [1.165, 1.54) is 7.05 Å². The number of hydrogen-bond acceptors (Lipinski definition) is 4. The van der Waals surface area contributed by atoms with E-state index in [-0.39, 0.29) is 0 Å². The van der Waals surface area contributed by atoms with E-state index in [2.05, 4.69) is 15.3 Å². The van der Waals surface area contributed by atoms with Gasteiger partial charge in [0.25, 0.3) is 5.91 Å². The molecule has 0 spiro atoms. The van der Waals surface area contributed by atoms with Gasteiger partial charge in [-0.15, -0.1) is 0 Å². The molecule has 0 fully saturated rings. The lowest BCUT2D eigenvalue weighted by Crippen LogP contribution is -2.34. The van der Waals surface area contributed by atoms with Crippen molar-refractivity contribution in [2.75, 3.05) is 7.05 Å². The molecular weight excluding hydrogens is 222 g/mol. The van der Waals surface area contributed by atoms with Crippen LogP contribution in [0.4, 0.5) is 0 Å². The van der Waals surface area contributed by atoms with Gasteiger partial charge in [-0.1, -0.05) is 22.9 Å². The fraction of sp³-hybridized carbons (Fsp3) is 0.182. The Morgan fingerprint density at radius 2 is 1.88 bits per heavy atom. The lowest BCUT2D eigenvalue weighted by Gasteiger charge is -2.00. The highest BCUT2D eigenvalue weighted by atomic mass is 16.7. The number of nitrogens with two attached hydrogens (primary N) is 1. The summed E-state index contributed by atoms with van der Waals surface area (Å²) in [6, 6.07) is 6.73. The third-order valence-electron chi connectivity index (χ3n) is 1.97. The van der Waals surface area contributed by atoms with Crippen LogP contribution >= 0.6 is 0 Å². The molecule has 0 unspecified atom stereocenters. The van der Waals surface area contributed by atoms with Gasteiger partial charge in [-0.05, 0) is 19.1 Å². The minimum absolute atomic E-state index is 0.337. The van der Waals surface area contributed by atoms with E-state index in [1.807, 2.05) is 6.92 Å². The smallest absolute Gasteiger partial charge is 0.365 e. The molecule has 1 aromatic rings. The van der Waals surface area contributed by atoms with Gasteiger partial charge in [-0.3, -0.25) is 4.79 Å². The van der Waals surface area contributed by atoms with Crippen LogP contribution in [0.5, 0.6) is 0 Å². The van der Waals surface area contributed by atoms with Gasteiger partial charge in [0, 0.05) is 7.05 Å². The van der Waals surface area contributed by atoms with Crippen molar-refractivity contribution in [3.63, 3.8) is 0 Å². The second kappa shape index (κ2) is 5.64. The maximum atomic E-state index is 11.5. The first-order valence-electron chi connectivity index (χ1n) is 4.88. The number of amides is 1. The molecule has 6 nitrogen and oxygen atoms in total. The molecule has 0 atom stereocenters. The highest BCUT2D eigenvalue weighted by molar-refractivity contribution is 6.37. The third kappa shape index (κ3) is 3.60. The topological polar surface area (TPSA) is 93.8 Å². The van der Waals surface area contributed by atoms with Crippen molar-refractivity contribution in [1.29, 1.82) is 0 Å². The van der Waals surface area contributed by atoms with Gasteiger partial charge in [0.1, 0.15) is 0 Å². The Labute approximate surface area is 98.4 Å². The number of benzene rings is 1. The van der Waals surface area contributed by atoms with Crippen molar-refractivity contribution < 1.29 is 14.4 Å². The minimum Gasteiger partial charge on any atom is -0.376 e. The van der Waals surface area contributed by atoms with Gasteiger partial charge in [0.15, 0.2) is 0 Å². The fourth-order valence-corrected chi connectivity index (χ4v) is 1.00. The number of aryl methyl sites for hydroxylation is 1. The number of likely N-dealkylation sites (N-methyl/N-ethyl adjacent to an activating group) is 1. The first kappa shape index (κ1) is 12.7. The van der Waals surface area contributed by atoms with Crippen molar-refractivity contribution in [1.82, 2.24) is 5.32 Å². The molecule has 1 aromatic carbocycles. The summed E-state index contributed by atoms with van der Waals surface area (Å²) in [5, 5.41) is 5.48. The largest absolute Gasteiger partial charge is 0.376 e. The molecule has 0 saturated heterocycles. The normalized spacial score (nSPS) is 10.8. The molecule has 0 aliphatic heterocycles. The van der Waals surface area contributed by atoms with Crippen LogP contribution in [0.2, 0.25) is 0 Å². The zero-order valence-electron chi connectivity index (χ0n) is 9.56. The van der Waals surface area contributed by atoms with Crippen molar-refractivity contribution >= 4 is 17.7 Å². The highest BCUT2D eigenvalue weighted by Gasteiger charge is 2.09. The Morgan fingerprint density at radius 1 is 1.29 bits per heavy atom. The summed E-state index contributed by atoms with van der Waals surface area (Å²) in [6.07, 6.45) is 0. The Balaban J connectivity index is 2.67. The number of oxime groups is 1. The molecule has 6 heteroatoms. The van der Waals surface area contributed by atoms with Crippen molar-refractivity contribution in [3.8, 4) is 0 Å². The third-order valence-corrected chi connectivity index (χ3v) is 1.97. The minimum atomic E-state index is -0.670. The summed E-state index contributed by atoms with van der Waals surface area (Å²) in [7, 11) is 1.40. The number of carbonyl (C=O) groups is 2. The second-order valence-electron chi connectivity index (χ2n) is 3.30. The number of nitrogens with zero attached hydrogens (tertiary/aromatic N) is 1. The Morgan fingerprint density at radius 3 is 2.41 bits per heavy atom. The molecule has 0 radical (unpaired) electrons. The molecule has 0 heterocycles. The van der Waals surface area contributed by atoms with Crippen LogP contribution in [-0.4, -0.2) is 24.8 Å². The number of nitrogens with one attached hydrogen (secondary N) is 1. The predicted molar refractivity (Wildman–Crippen MR) is 62.3 cm³/mol. The monoisotopic (exact) mass is 235 g/mol. The average Bonchev–Trinajstić information content (AvgIpc) is 2.35. The summed E-state index contributed by atoms with van der Waals surface area (Å²) in [5.41, 5.74) is 6.60. The van der Waals surface area contributed by atoms with Crippen LogP contribution in [0.25, 0.3) is 0 Å². The summed E-state index contributed by atoms with van der Waals surface area (Å²) in [5.74, 6) is -1.69. The van der Waals surface area contributed by atoms with E-state index in [9.17, 15) is 9.59 Å². The van der Waals surface area contributed by atoms with E-state index >= 15 is 0 Å². The van der Waals surface area contributed by atoms with E-state index < -0.39 is 17.7 Å². The van der Waals surface area contributed by atoms with Gasteiger partial charge in [-0.25, -0.2) is 4.79 Å². The Kier molecular flexibility index (Phi) is 4.21. The molecule has 17 heavy (non-hydrogen) atoms. The SMILES string of the molecule is CNC(=O)C(N)=NOC(=O)c1ccc(C)cc1. The van der Waals surface area contributed by atoms with Gasteiger partial charge in [0.05, 0.1) is 5.56 Å². The maximum Gasteiger partial charge on any atom is 0.365 e. The molecular formula is C11H13N3O3. The van der Waals surface area contributed by atoms with E-state index in [0.717, 1.165) is 5.56 Å². The standard InChI is InChI=1S/C11H13N3O3/c1-7-3-5-8(6-4-7)11(16)17-14-9(12)10(15)13-2/h3-6H,1-2H3,(H2,12,14)(H,13,15). The summed E-state index contributed by atoms with van der Waals surface area (Å²) in [6.45, 7) is 1.90. The predicted octanol–water partition coefficient (Wildman–Crippen LogP) is 0.170. The van der Waals surface area contributed by atoms with Crippen LogP contribution in [0.1, 0.15) is 15.9 Å². The number of amidine groups is 1.